The molecule has 0 radical (unpaired) electrons. The highest BCUT2D eigenvalue weighted by atomic mass is 16.5. The van der Waals surface area contributed by atoms with Crippen molar-refractivity contribution < 1.29 is 9.53 Å². The molecule has 1 atom stereocenters. The molecule has 1 fully saturated rings. The fourth-order valence-corrected chi connectivity index (χ4v) is 3.19. The number of carbonyl (C=O) groups is 1. The number of benzene rings is 2. The van der Waals surface area contributed by atoms with Crippen LogP contribution in [0.3, 0.4) is 0 Å². The summed E-state index contributed by atoms with van der Waals surface area (Å²) in [5.74, 6) is -0.272. The van der Waals surface area contributed by atoms with Gasteiger partial charge in [0.05, 0.1) is 0 Å². The molecule has 26 heavy (non-hydrogen) atoms. The summed E-state index contributed by atoms with van der Waals surface area (Å²) in [4.78, 5) is 15.1. The number of hydrogen-bond acceptors (Lipinski definition) is 3. The van der Waals surface area contributed by atoms with Gasteiger partial charge in [0, 0.05) is 12.2 Å². The summed E-state index contributed by atoms with van der Waals surface area (Å²) in [5.41, 5.74) is 3.79. The van der Waals surface area contributed by atoms with Gasteiger partial charge < -0.3 is 9.64 Å². The van der Waals surface area contributed by atoms with E-state index in [1.807, 2.05) is 66.7 Å². The first kappa shape index (κ1) is 17.7. The zero-order valence-corrected chi connectivity index (χ0v) is 14.8. The van der Waals surface area contributed by atoms with Crippen molar-refractivity contribution >= 4 is 11.7 Å². The van der Waals surface area contributed by atoms with Crippen molar-refractivity contribution in [3.63, 3.8) is 0 Å². The summed E-state index contributed by atoms with van der Waals surface area (Å²) in [6, 6.07) is 19.1. The van der Waals surface area contributed by atoms with Crippen LogP contribution < -0.4 is 4.90 Å². The van der Waals surface area contributed by atoms with Crippen LogP contribution in [-0.2, 0) is 16.1 Å². The number of piperidine rings is 1. The zero-order valence-electron chi connectivity index (χ0n) is 14.8. The smallest absolute Gasteiger partial charge is 0.333 e. The summed E-state index contributed by atoms with van der Waals surface area (Å²) >= 11 is 0. The molecule has 3 nitrogen and oxygen atoms in total. The number of carbonyl (C=O) groups excluding carboxylic acids is 1. The molecule has 1 aliphatic heterocycles. The summed E-state index contributed by atoms with van der Waals surface area (Å²) in [6.07, 6.45) is 4.37. The molecule has 2 aromatic carbocycles. The number of esters is 1. The van der Waals surface area contributed by atoms with E-state index in [2.05, 4.69) is 18.1 Å². The monoisotopic (exact) mass is 345 g/mol. The Kier molecular flexibility index (Phi) is 5.69. The lowest BCUT2D eigenvalue weighted by atomic mass is 9.90. The zero-order chi connectivity index (χ0) is 18.4. The van der Waals surface area contributed by atoms with Crippen LogP contribution in [0, 0.1) is 0 Å². The molecule has 0 bridgehead atoms. The van der Waals surface area contributed by atoms with Gasteiger partial charge in [0.15, 0.2) is 6.04 Å². The maximum absolute atomic E-state index is 13.0. The Hall–Kier alpha value is -3.07. The van der Waals surface area contributed by atoms with Crippen LogP contribution in [0.1, 0.15) is 12.0 Å². The second-order valence-electron chi connectivity index (χ2n) is 6.24. The maximum Gasteiger partial charge on any atom is 0.333 e. The molecular formula is C23H23NO2. The summed E-state index contributed by atoms with van der Waals surface area (Å²) in [5, 5.41) is 0. The van der Waals surface area contributed by atoms with Gasteiger partial charge in [-0.15, -0.1) is 0 Å². The number of rotatable bonds is 5. The molecule has 3 heteroatoms. The number of para-hydroxylation sites is 1. The van der Waals surface area contributed by atoms with Gasteiger partial charge in [-0.3, -0.25) is 0 Å². The predicted octanol–water partition coefficient (Wildman–Crippen LogP) is 4.68. The van der Waals surface area contributed by atoms with Crippen LogP contribution in [0.2, 0.25) is 0 Å². The third-order valence-corrected chi connectivity index (χ3v) is 4.50. The number of anilines is 1. The number of nitrogens with zero attached hydrogens (tertiary/aromatic N) is 1. The van der Waals surface area contributed by atoms with E-state index in [1.165, 1.54) is 0 Å². The van der Waals surface area contributed by atoms with E-state index in [4.69, 9.17) is 4.74 Å². The van der Waals surface area contributed by atoms with Crippen molar-refractivity contribution in [2.75, 3.05) is 11.4 Å². The van der Waals surface area contributed by atoms with Crippen LogP contribution in [-0.4, -0.2) is 18.6 Å². The topological polar surface area (TPSA) is 29.5 Å². The molecule has 0 saturated carbocycles. The van der Waals surface area contributed by atoms with E-state index in [-0.39, 0.29) is 12.6 Å². The number of hydrogen-bond donors (Lipinski definition) is 0. The van der Waals surface area contributed by atoms with Crippen molar-refractivity contribution in [1.29, 1.82) is 0 Å². The van der Waals surface area contributed by atoms with Crippen LogP contribution in [0.4, 0.5) is 5.69 Å². The largest absolute Gasteiger partial charge is 0.459 e. The summed E-state index contributed by atoms with van der Waals surface area (Å²) in [6.45, 7) is 8.91. The van der Waals surface area contributed by atoms with Crippen LogP contribution in [0.25, 0.3) is 0 Å². The Balaban J connectivity index is 1.87. The molecule has 1 aliphatic rings. The quantitative estimate of drug-likeness (QED) is 0.737. The van der Waals surface area contributed by atoms with Crippen molar-refractivity contribution in [1.82, 2.24) is 0 Å². The second-order valence-corrected chi connectivity index (χ2v) is 6.24. The lowest BCUT2D eigenvalue weighted by Crippen LogP contribution is -2.47. The third-order valence-electron chi connectivity index (χ3n) is 4.50. The Morgan fingerprint density at radius 1 is 1.12 bits per heavy atom. The summed E-state index contributed by atoms with van der Waals surface area (Å²) < 4.78 is 5.65. The van der Waals surface area contributed by atoms with Crippen molar-refractivity contribution in [2.24, 2.45) is 0 Å². The van der Waals surface area contributed by atoms with Gasteiger partial charge in [0.1, 0.15) is 6.61 Å². The minimum Gasteiger partial charge on any atom is -0.459 e. The van der Waals surface area contributed by atoms with E-state index in [9.17, 15) is 4.79 Å². The predicted molar refractivity (Wildman–Crippen MR) is 106 cm³/mol. The minimum atomic E-state index is -0.514. The highest BCUT2D eigenvalue weighted by Gasteiger charge is 2.35. The minimum absolute atomic E-state index is 0.257. The normalized spacial score (nSPS) is 18.6. The average molecular weight is 345 g/mol. The molecule has 0 aromatic heterocycles. The van der Waals surface area contributed by atoms with E-state index in [1.54, 1.807) is 6.08 Å². The van der Waals surface area contributed by atoms with Crippen molar-refractivity contribution in [2.45, 2.75) is 19.1 Å². The summed E-state index contributed by atoms with van der Waals surface area (Å²) in [7, 11) is 0. The average Bonchev–Trinajstić information content (AvgIpc) is 2.69. The van der Waals surface area contributed by atoms with E-state index >= 15 is 0 Å². The highest BCUT2D eigenvalue weighted by Crippen LogP contribution is 2.32. The maximum atomic E-state index is 13.0. The number of allylic oxidation sites excluding steroid dienone is 2. The van der Waals surface area contributed by atoms with Crippen LogP contribution in [0.15, 0.2) is 97.1 Å². The molecule has 0 spiro atoms. The molecule has 3 rings (SSSR count). The van der Waals surface area contributed by atoms with Gasteiger partial charge in [-0.1, -0.05) is 73.8 Å². The van der Waals surface area contributed by atoms with Crippen LogP contribution in [0.5, 0.6) is 0 Å². The molecule has 0 amide bonds. The van der Waals surface area contributed by atoms with Gasteiger partial charge in [0.25, 0.3) is 0 Å². The van der Waals surface area contributed by atoms with Crippen molar-refractivity contribution in [3.05, 3.63) is 103 Å². The molecule has 132 valence electrons. The fourth-order valence-electron chi connectivity index (χ4n) is 3.19. The molecule has 1 heterocycles. The first-order chi connectivity index (χ1) is 12.7. The van der Waals surface area contributed by atoms with Gasteiger partial charge in [0.2, 0.25) is 0 Å². The Labute approximate surface area is 154 Å². The highest BCUT2D eigenvalue weighted by molar-refractivity contribution is 5.86. The lowest BCUT2D eigenvalue weighted by Gasteiger charge is -2.38. The van der Waals surface area contributed by atoms with Gasteiger partial charge >= 0.3 is 5.97 Å². The fraction of sp³-hybridized carbons (Fsp3) is 0.174. The SMILES string of the molecule is C=C/C=C1\C(=C)CCN(c2ccccc2)C1C(=O)OCc1ccccc1. The third kappa shape index (κ3) is 3.94. The molecule has 0 N–H and O–H groups in total. The van der Waals surface area contributed by atoms with E-state index in [0.717, 1.165) is 35.4 Å². The van der Waals surface area contributed by atoms with Gasteiger partial charge in [-0.05, 0) is 35.3 Å². The van der Waals surface area contributed by atoms with Gasteiger partial charge in [-0.2, -0.15) is 0 Å². The molecular weight excluding hydrogens is 322 g/mol. The second kappa shape index (κ2) is 8.34. The molecule has 0 aliphatic carbocycles. The first-order valence-corrected chi connectivity index (χ1v) is 8.73. The molecule has 2 aromatic rings. The lowest BCUT2D eigenvalue weighted by molar-refractivity contribution is -0.145. The Morgan fingerprint density at radius 2 is 1.77 bits per heavy atom. The van der Waals surface area contributed by atoms with Crippen molar-refractivity contribution in [3.8, 4) is 0 Å². The van der Waals surface area contributed by atoms with Gasteiger partial charge in [-0.25, -0.2) is 4.79 Å². The first-order valence-electron chi connectivity index (χ1n) is 8.73. The number of ether oxygens (including phenoxy) is 1. The Morgan fingerprint density at radius 3 is 2.42 bits per heavy atom. The molecule has 1 saturated heterocycles. The van der Waals surface area contributed by atoms with E-state index in [0.29, 0.717) is 0 Å². The van der Waals surface area contributed by atoms with E-state index < -0.39 is 6.04 Å². The van der Waals surface area contributed by atoms with Crippen LogP contribution >= 0.6 is 0 Å². The molecule has 1 unspecified atom stereocenters. The standard InChI is InChI=1S/C23H23NO2/c1-3-10-21-18(2)15-16-24(20-13-8-5-9-14-20)22(21)23(25)26-17-19-11-6-4-7-12-19/h3-14,22H,1-2,15-17H2/b21-10+. The Bertz CT molecular complexity index is 809.